The average molecular weight is 349 g/mol. The molecule has 0 aliphatic rings. The van der Waals surface area contributed by atoms with Gasteiger partial charge in [0.1, 0.15) is 16.4 Å². The fourth-order valence-corrected chi connectivity index (χ4v) is 3.78. The lowest BCUT2D eigenvalue weighted by molar-refractivity contribution is 0.457. The molecule has 1 unspecified atom stereocenters. The molecule has 2 heterocycles. The molecular weight excluding hydrogens is 336 g/mol. The standard InChI is InChI=1S/C11H13BrN2O4S/c1-7(9-3-2-4-17-9)14-19(15,16)10-5-8(6-13)18-11(10)12/h2-5,7,14H,6,13H2,1H3. The quantitative estimate of drug-likeness (QED) is 0.862. The van der Waals surface area contributed by atoms with Crippen LogP contribution in [-0.4, -0.2) is 8.42 Å². The van der Waals surface area contributed by atoms with Gasteiger partial charge < -0.3 is 14.6 Å². The third-order valence-corrected chi connectivity index (χ3v) is 4.90. The maximum Gasteiger partial charge on any atom is 0.245 e. The Kier molecular flexibility index (Phi) is 4.14. The molecule has 0 bridgehead atoms. The summed E-state index contributed by atoms with van der Waals surface area (Å²) < 4.78 is 37.4. The number of nitrogens with one attached hydrogen (secondary N) is 1. The maximum absolute atomic E-state index is 12.2. The summed E-state index contributed by atoms with van der Waals surface area (Å²) in [4.78, 5) is 0.0198. The van der Waals surface area contributed by atoms with Crippen LogP contribution in [0.2, 0.25) is 0 Å². The molecule has 0 saturated heterocycles. The van der Waals surface area contributed by atoms with Crippen LogP contribution in [0.15, 0.2) is 42.9 Å². The van der Waals surface area contributed by atoms with Crippen LogP contribution in [0.5, 0.6) is 0 Å². The van der Waals surface area contributed by atoms with Crippen molar-refractivity contribution in [3.8, 4) is 0 Å². The van der Waals surface area contributed by atoms with Crippen molar-refractivity contribution < 1.29 is 17.3 Å². The van der Waals surface area contributed by atoms with Crippen molar-refractivity contribution in [1.29, 1.82) is 0 Å². The summed E-state index contributed by atoms with van der Waals surface area (Å²) in [7, 11) is -3.71. The summed E-state index contributed by atoms with van der Waals surface area (Å²) in [6.07, 6.45) is 1.49. The van der Waals surface area contributed by atoms with Crippen molar-refractivity contribution in [3.05, 3.63) is 40.7 Å². The second-order valence-electron chi connectivity index (χ2n) is 3.91. The van der Waals surface area contributed by atoms with Gasteiger partial charge in [-0.1, -0.05) is 0 Å². The molecular formula is C11H13BrN2O4S. The zero-order valence-electron chi connectivity index (χ0n) is 10.1. The van der Waals surface area contributed by atoms with Crippen LogP contribution in [0, 0.1) is 0 Å². The molecule has 2 aromatic heterocycles. The van der Waals surface area contributed by atoms with Gasteiger partial charge in [0.05, 0.1) is 18.8 Å². The lowest BCUT2D eigenvalue weighted by Crippen LogP contribution is -2.26. The minimum Gasteiger partial charge on any atom is -0.468 e. The highest BCUT2D eigenvalue weighted by Gasteiger charge is 2.25. The Bertz CT molecular complexity index is 648. The first-order valence-electron chi connectivity index (χ1n) is 5.48. The monoisotopic (exact) mass is 348 g/mol. The molecule has 19 heavy (non-hydrogen) atoms. The smallest absolute Gasteiger partial charge is 0.245 e. The van der Waals surface area contributed by atoms with Crippen molar-refractivity contribution in [3.63, 3.8) is 0 Å². The van der Waals surface area contributed by atoms with Crippen LogP contribution >= 0.6 is 15.9 Å². The minimum absolute atomic E-state index is 0.0198. The first kappa shape index (κ1) is 14.3. The Labute approximate surface area is 119 Å². The number of nitrogens with two attached hydrogens (primary N) is 1. The van der Waals surface area contributed by atoms with E-state index in [0.29, 0.717) is 11.5 Å². The Balaban J connectivity index is 2.25. The molecule has 3 N–H and O–H groups in total. The third-order valence-electron chi connectivity index (χ3n) is 2.50. The number of hydrogen-bond acceptors (Lipinski definition) is 5. The van der Waals surface area contributed by atoms with E-state index in [1.54, 1.807) is 19.1 Å². The third kappa shape index (κ3) is 3.08. The summed E-state index contributed by atoms with van der Waals surface area (Å²) in [5.41, 5.74) is 5.41. The molecule has 0 fully saturated rings. The predicted octanol–water partition coefficient (Wildman–Crippen LogP) is 2.13. The molecule has 0 aliphatic heterocycles. The van der Waals surface area contributed by atoms with Crippen molar-refractivity contribution in [1.82, 2.24) is 4.72 Å². The van der Waals surface area contributed by atoms with Crippen molar-refractivity contribution in [2.45, 2.75) is 24.4 Å². The second-order valence-corrected chi connectivity index (χ2v) is 6.32. The summed E-state index contributed by atoms with van der Waals surface area (Å²) >= 11 is 3.07. The molecule has 2 rings (SSSR count). The second kappa shape index (κ2) is 5.49. The lowest BCUT2D eigenvalue weighted by atomic mass is 10.3. The molecule has 0 amide bonds. The highest BCUT2D eigenvalue weighted by Crippen LogP contribution is 2.27. The van der Waals surface area contributed by atoms with Crippen LogP contribution in [0.25, 0.3) is 0 Å². The fourth-order valence-electron chi connectivity index (χ4n) is 1.57. The van der Waals surface area contributed by atoms with E-state index in [2.05, 4.69) is 20.7 Å². The molecule has 6 nitrogen and oxygen atoms in total. The van der Waals surface area contributed by atoms with E-state index in [1.807, 2.05) is 0 Å². The normalized spacial score (nSPS) is 13.6. The van der Waals surface area contributed by atoms with E-state index < -0.39 is 16.1 Å². The van der Waals surface area contributed by atoms with Crippen LogP contribution < -0.4 is 10.5 Å². The number of sulfonamides is 1. The van der Waals surface area contributed by atoms with Gasteiger partial charge in [0, 0.05) is 6.07 Å². The summed E-state index contributed by atoms with van der Waals surface area (Å²) in [5.74, 6) is 0.917. The summed E-state index contributed by atoms with van der Waals surface area (Å²) in [6, 6.07) is 4.30. The van der Waals surface area contributed by atoms with Gasteiger partial charge in [-0.25, -0.2) is 13.1 Å². The van der Waals surface area contributed by atoms with Gasteiger partial charge in [-0.05, 0) is 35.0 Å². The van der Waals surface area contributed by atoms with Gasteiger partial charge in [-0.15, -0.1) is 0 Å². The van der Waals surface area contributed by atoms with E-state index in [1.165, 1.54) is 12.3 Å². The highest BCUT2D eigenvalue weighted by atomic mass is 79.9. The van der Waals surface area contributed by atoms with Gasteiger partial charge in [-0.2, -0.15) is 0 Å². The topological polar surface area (TPSA) is 98.5 Å². The van der Waals surface area contributed by atoms with Gasteiger partial charge in [-0.3, -0.25) is 0 Å². The molecule has 0 spiro atoms. The van der Waals surface area contributed by atoms with Gasteiger partial charge in [0.25, 0.3) is 0 Å². The Morgan fingerprint density at radius 1 is 1.53 bits per heavy atom. The number of hydrogen-bond donors (Lipinski definition) is 2. The van der Waals surface area contributed by atoms with Crippen LogP contribution in [-0.2, 0) is 16.6 Å². The number of furan rings is 2. The maximum atomic E-state index is 12.2. The van der Waals surface area contributed by atoms with Crippen molar-refractivity contribution >= 4 is 26.0 Å². The first-order chi connectivity index (χ1) is 8.94. The largest absolute Gasteiger partial charge is 0.468 e. The molecule has 104 valence electrons. The number of rotatable bonds is 5. The molecule has 0 aromatic carbocycles. The van der Waals surface area contributed by atoms with Crippen LogP contribution in [0.4, 0.5) is 0 Å². The highest BCUT2D eigenvalue weighted by molar-refractivity contribution is 9.10. The fraction of sp³-hybridized carbons (Fsp3) is 0.273. The Hall–Kier alpha value is -1.09. The van der Waals surface area contributed by atoms with Crippen molar-refractivity contribution in [2.24, 2.45) is 5.73 Å². The lowest BCUT2D eigenvalue weighted by Gasteiger charge is -2.10. The zero-order valence-corrected chi connectivity index (χ0v) is 12.5. The summed E-state index contributed by atoms with van der Waals surface area (Å²) in [5, 5.41) is 0. The van der Waals surface area contributed by atoms with Crippen LogP contribution in [0.3, 0.4) is 0 Å². The molecule has 0 saturated carbocycles. The number of halogens is 1. The SMILES string of the molecule is CC(NS(=O)(=O)c1cc(CN)oc1Br)c1ccco1. The Morgan fingerprint density at radius 3 is 2.79 bits per heavy atom. The molecule has 2 aromatic rings. The van der Waals surface area contributed by atoms with E-state index in [0.717, 1.165) is 0 Å². The zero-order chi connectivity index (χ0) is 14.0. The van der Waals surface area contributed by atoms with E-state index >= 15 is 0 Å². The predicted molar refractivity (Wildman–Crippen MR) is 71.7 cm³/mol. The van der Waals surface area contributed by atoms with Gasteiger partial charge in [0.15, 0.2) is 4.67 Å². The molecule has 0 radical (unpaired) electrons. The van der Waals surface area contributed by atoms with Crippen molar-refractivity contribution in [2.75, 3.05) is 0 Å². The Morgan fingerprint density at radius 2 is 2.26 bits per heavy atom. The first-order valence-corrected chi connectivity index (χ1v) is 7.75. The van der Waals surface area contributed by atoms with Crippen LogP contribution in [0.1, 0.15) is 24.5 Å². The van der Waals surface area contributed by atoms with E-state index in [4.69, 9.17) is 14.6 Å². The molecule has 8 heteroatoms. The van der Waals surface area contributed by atoms with Gasteiger partial charge in [0.2, 0.25) is 10.0 Å². The molecule has 1 atom stereocenters. The van der Waals surface area contributed by atoms with Gasteiger partial charge >= 0.3 is 0 Å². The molecule has 0 aliphatic carbocycles. The van der Waals surface area contributed by atoms with E-state index in [9.17, 15) is 8.42 Å². The van der Waals surface area contributed by atoms with E-state index in [-0.39, 0.29) is 16.1 Å². The average Bonchev–Trinajstić information content (AvgIpc) is 2.96. The minimum atomic E-state index is -3.71. The summed E-state index contributed by atoms with van der Waals surface area (Å²) in [6.45, 7) is 1.82.